The number of ether oxygens (including phenoxy) is 1. The fourth-order valence-corrected chi connectivity index (χ4v) is 4.37. The van der Waals surface area contributed by atoms with Crippen molar-refractivity contribution in [2.45, 2.75) is 26.9 Å². The predicted octanol–water partition coefficient (Wildman–Crippen LogP) is 3.45. The van der Waals surface area contributed by atoms with Gasteiger partial charge in [0, 0.05) is 37.6 Å². The first-order chi connectivity index (χ1) is 16.5. The minimum Gasteiger partial charge on any atom is -0.377 e. The largest absolute Gasteiger partial charge is 0.377 e. The van der Waals surface area contributed by atoms with Crippen molar-refractivity contribution in [3.05, 3.63) is 65.9 Å². The van der Waals surface area contributed by atoms with Crippen LogP contribution in [0.4, 0.5) is 11.4 Å². The summed E-state index contributed by atoms with van der Waals surface area (Å²) in [4.78, 5) is 32.6. The molecular weight excluding hydrogens is 428 g/mol. The van der Waals surface area contributed by atoms with Crippen molar-refractivity contribution in [2.75, 3.05) is 56.1 Å². The molecule has 0 spiro atoms. The van der Waals surface area contributed by atoms with Gasteiger partial charge in [-0.1, -0.05) is 37.3 Å². The van der Waals surface area contributed by atoms with E-state index in [4.69, 9.17) is 4.74 Å². The van der Waals surface area contributed by atoms with Gasteiger partial charge in [-0.15, -0.1) is 0 Å². The third-order valence-electron chi connectivity index (χ3n) is 6.32. The number of likely N-dealkylation sites (N-methyl/N-ethyl adjacent to an activating group) is 1. The normalized spacial score (nSPS) is 17.3. The summed E-state index contributed by atoms with van der Waals surface area (Å²) in [5, 5.41) is 3.25. The number of rotatable bonds is 9. The van der Waals surface area contributed by atoms with Crippen LogP contribution < -0.4 is 10.2 Å². The summed E-state index contributed by atoms with van der Waals surface area (Å²) in [7, 11) is 0. The number of nitrogens with one attached hydrogen (secondary N) is 1. The van der Waals surface area contributed by atoms with Crippen LogP contribution in [0.5, 0.6) is 0 Å². The van der Waals surface area contributed by atoms with E-state index >= 15 is 0 Å². The van der Waals surface area contributed by atoms with Crippen molar-refractivity contribution in [3.8, 4) is 0 Å². The van der Waals surface area contributed by atoms with Gasteiger partial charge in [-0.25, -0.2) is 0 Å². The lowest BCUT2D eigenvalue weighted by Gasteiger charge is -2.35. The maximum atomic E-state index is 13.3. The first kappa shape index (κ1) is 24.0. The van der Waals surface area contributed by atoms with E-state index in [1.807, 2.05) is 56.3 Å². The van der Waals surface area contributed by atoms with Gasteiger partial charge in [-0.3, -0.25) is 14.5 Å². The standard InChI is InChI=1S/C27H34N4O3/c1-4-29-14-16-30(17-15-29)23-12-10-22(11-13-23)28-25-24(21-8-6-5-7-9-21)26(32)31(27(25)33)18-19-34-20(2)3/h5-13,20,28H,4,14-19H2,1-3H3. The molecule has 7 heteroatoms. The summed E-state index contributed by atoms with van der Waals surface area (Å²) in [5.41, 5.74) is 3.38. The summed E-state index contributed by atoms with van der Waals surface area (Å²) in [6.45, 7) is 11.8. The van der Waals surface area contributed by atoms with Crippen LogP contribution in [0.1, 0.15) is 26.3 Å². The molecule has 0 radical (unpaired) electrons. The van der Waals surface area contributed by atoms with Crippen molar-refractivity contribution < 1.29 is 14.3 Å². The van der Waals surface area contributed by atoms with Crippen LogP contribution in [0.15, 0.2) is 60.3 Å². The smallest absolute Gasteiger partial charge is 0.278 e. The van der Waals surface area contributed by atoms with Gasteiger partial charge in [0.15, 0.2) is 0 Å². The Hall–Kier alpha value is -3.16. The van der Waals surface area contributed by atoms with E-state index in [0.29, 0.717) is 17.9 Å². The Kier molecular flexibility index (Phi) is 7.65. The molecule has 2 heterocycles. The van der Waals surface area contributed by atoms with Crippen molar-refractivity contribution >= 4 is 28.8 Å². The second kappa shape index (κ2) is 10.8. The van der Waals surface area contributed by atoms with Crippen LogP contribution >= 0.6 is 0 Å². The Morgan fingerprint density at radius 3 is 2.21 bits per heavy atom. The van der Waals surface area contributed by atoms with Gasteiger partial charge in [0.25, 0.3) is 11.8 Å². The Balaban J connectivity index is 1.53. The monoisotopic (exact) mass is 462 g/mol. The molecular formula is C27H34N4O3. The summed E-state index contributed by atoms with van der Waals surface area (Å²) < 4.78 is 5.59. The number of carbonyl (C=O) groups is 2. The zero-order valence-corrected chi connectivity index (χ0v) is 20.3. The van der Waals surface area contributed by atoms with E-state index in [1.165, 1.54) is 10.6 Å². The van der Waals surface area contributed by atoms with E-state index in [9.17, 15) is 9.59 Å². The third kappa shape index (κ3) is 5.32. The fraction of sp³-hybridized carbons (Fsp3) is 0.407. The number of piperazine rings is 1. The second-order valence-electron chi connectivity index (χ2n) is 8.89. The zero-order valence-electron chi connectivity index (χ0n) is 20.3. The predicted molar refractivity (Wildman–Crippen MR) is 136 cm³/mol. The Morgan fingerprint density at radius 2 is 1.59 bits per heavy atom. The highest BCUT2D eigenvalue weighted by Crippen LogP contribution is 2.31. The summed E-state index contributed by atoms with van der Waals surface area (Å²) in [5.74, 6) is -0.618. The van der Waals surface area contributed by atoms with Gasteiger partial charge in [0.2, 0.25) is 0 Å². The molecule has 0 aromatic heterocycles. The van der Waals surface area contributed by atoms with Crippen LogP contribution in [0.3, 0.4) is 0 Å². The molecule has 0 saturated carbocycles. The summed E-state index contributed by atoms with van der Waals surface area (Å²) in [6.07, 6.45) is 0.0374. The molecule has 4 rings (SSSR count). The van der Waals surface area contributed by atoms with E-state index in [1.54, 1.807) is 0 Å². The Labute approximate surface area is 202 Å². The van der Waals surface area contributed by atoms with E-state index in [2.05, 4.69) is 34.2 Å². The number of carbonyl (C=O) groups excluding carboxylic acids is 2. The highest BCUT2D eigenvalue weighted by Gasteiger charge is 2.39. The highest BCUT2D eigenvalue weighted by atomic mass is 16.5. The number of hydrogen-bond acceptors (Lipinski definition) is 6. The highest BCUT2D eigenvalue weighted by molar-refractivity contribution is 6.36. The van der Waals surface area contributed by atoms with Gasteiger partial charge in [-0.2, -0.15) is 0 Å². The topological polar surface area (TPSA) is 65.1 Å². The number of imide groups is 1. The van der Waals surface area contributed by atoms with Crippen molar-refractivity contribution in [1.82, 2.24) is 9.80 Å². The summed E-state index contributed by atoms with van der Waals surface area (Å²) >= 11 is 0. The van der Waals surface area contributed by atoms with Crippen LogP contribution in [0.25, 0.3) is 5.57 Å². The molecule has 2 aliphatic rings. The number of anilines is 2. The van der Waals surface area contributed by atoms with Gasteiger partial charge in [0.1, 0.15) is 5.70 Å². The molecule has 34 heavy (non-hydrogen) atoms. The Morgan fingerprint density at radius 1 is 0.912 bits per heavy atom. The molecule has 0 unspecified atom stereocenters. The molecule has 180 valence electrons. The summed E-state index contributed by atoms with van der Waals surface area (Å²) in [6, 6.07) is 17.4. The molecule has 7 nitrogen and oxygen atoms in total. The van der Waals surface area contributed by atoms with Crippen LogP contribution in [0.2, 0.25) is 0 Å². The van der Waals surface area contributed by atoms with Crippen LogP contribution in [0, 0.1) is 0 Å². The number of nitrogens with zero attached hydrogens (tertiary/aromatic N) is 3. The average molecular weight is 463 g/mol. The number of hydrogen-bond donors (Lipinski definition) is 1. The van der Waals surface area contributed by atoms with Gasteiger partial charge in [-0.05, 0) is 50.2 Å². The van der Waals surface area contributed by atoms with E-state index < -0.39 is 0 Å². The lowest BCUT2D eigenvalue weighted by atomic mass is 10.0. The minimum atomic E-state index is -0.323. The molecule has 1 saturated heterocycles. The van der Waals surface area contributed by atoms with Gasteiger partial charge < -0.3 is 19.9 Å². The molecule has 2 amide bonds. The molecule has 0 atom stereocenters. The van der Waals surface area contributed by atoms with E-state index in [-0.39, 0.29) is 24.5 Å². The SMILES string of the molecule is CCN1CCN(c2ccc(NC3=C(c4ccccc4)C(=O)N(CCOC(C)C)C3=O)cc2)CC1. The van der Waals surface area contributed by atoms with E-state index in [0.717, 1.165) is 44.0 Å². The van der Waals surface area contributed by atoms with Crippen LogP contribution in [-0.4, -0.2) is 73.6 Å². The van der Waals surface area contributed by atoms with Crippen LogP contribution in [-0.2, 0) is 14.3 Å². The zero-order chi connectivity index (χ0) is 24.1. The molecule has 0 bridgehead atoms. The second-order valence-corrected chi connectivity index (χ2v) is 8.89. The molecule has 0 aliphatic carbocycles. The first-order valence-corrected chi connectivity index (χ1v) is 12.1. The quantitative estimate of drug-likeness (QED) is 0.576. The molecule has 1 N–H and O–H groups in total. The molecule has 1 fully saturated rings. The maximum Gasteiger partial charge on any atom is 0.278 e. The molecule has 2 aromatic rings. The molecule has 2 aliphatic heterocycles. The third-order valence-corrected chi connectivity index (χ3v) is 6.32. The van der Waals surface area contributed by atoms with Gasteiger partial charge >= 0.3 is 0 Å². The minimum absolute atomic E-state index is 0.0374. The lowest BCUT2D eigenvalue weighted by Crippen LogP contribution is -2.46. The van der Waals surface area contributed by atoms with Crippen molar-refractivity contribution in [3.63, 3.8) is 0 Å². The number of benzene rings is 2. The Bertz CT molecular complexity index is 1030. The maximum absolute atomic E-state index is 13.3. The van der Waals surface area contributed by atoms with Crippen molar-refractivity contribution in [2.24, 2.45) is 0 Å². The number of amides is 2. The fourth-order valence-electron chi connectivity index (χ4n) is 4.37. The van der Waals surface area contributed by atoms with Gasteiger partial charge in [0.05, 0.1) is 24.8 Å². The first-order valence-electron chi connectivity index (χ1n) is 12.1. The van der Waals surface area contributed by atoms with Crippen molar-refractivity contribution in [1.29, 1.82) is 0 Å². The molecule has 2 aromatic carbocycles. The lowest BCUT2D eigenvalue weighted by molar-refractivity contribution is -0.137. The average Bonchev–Trinajstić information content (AvgIpc) is 3.09.